The zero-order valence-electron chi connectivity index (χ0n) is 14.2. The van der Waals surface area contributed by atoms with Crippen LogP contribution in [0.4, 0.5) is 0 Å². The van der Waals surface area contributed by atoms with Gasteiger partial charge in [0, 0.05) is 25.0 Å². The van der Waals surface area contributed by atoms with Crippen molar-refractivity contribution in [1.82, 2.24) is 5.32 Å². The second-order valence-corrected chi connectivity index (χ2v) is 6.39. The van der Waals surface area contributed by atoms with Crippen LogP contribution in [0.15, 0.2) is 30.3 Å². The van der Waals surface area contributed by atoms with Crippen molar-refractivity contribution in [3.05, 3.63) is 35.9 Å². The number of carbonyl (C=O) groups excluding carboxylic acids is 2. The Morgan fingerprint density at radius 2 is 2.08 bits per heavy atom. The first kappa shape index (κ1) is 17.1. The smallest absolute Gasteiger partial charge is 0.326 e. The van der Waals surface area contributed by atoms with Gasteiger partial charge in [0.05, 0.1) is 13.2 Å². The van der Waals surface area contributed by atoms with Crippen molar-refractivity contribution in [2.24, 2.45) is 11.8 Å². The van der Waals surface area contributed by atoms with Gasteiger partial charge in [0.2, 0.25) is 6.29 Å². The fourth-order valence-electron chi connectivity index (χ4n) is 3.80. The molecule has 0 amide bonds. The van der Waals surface area contributed by atoms with Crippen molar-refractivity contribution < 1.29 is 23.8 Å². The third-order valence-corrected chi connectivity index (χ3v) is 5.05. The molecule has 0 spiro atoms. The van der Waals surface area contributed by atoms with Gasteiger partial charge < -0.3 is 14.2 Å². The number of hydrogen-bond donors (Lipinski definition) is 1. The molecule has 0 aliphatic carbocycles. The third kappa shape index (κ3) is 2.64. The summed E-state index contributed by atoms with van der Waals surface area (Å²) >= 11 is 0. The van der Waals surface area contributed by atoms with Crippen molar-refractivity contribution in [2.45, 2.75) is 31.7 Å². The van der Waals surface area contributed by atoms with Gasteiger partial charge in [-0.2, -0.15) is 0 Å². The standard InChI is InChI=1S/C18H23NO5/c1-4-23-17(21)18(2)12-10-24-16(22-3)15(20)13(12)14(19-18)11-8-6-5-7-9-11/h5-9,12-14,16,19H,4,10H2,1-3H3/t12?,13?,14-,16+,18-/m0/s1. The minimum absolute atomic E-state index is 0.136. The molecule has 130 valence electrons. The van der Waals surface area contributed by atoms with Crippen LogP contribution < -0.4 is 5.32 Å². The van der Waals surface area contributed by atoms with Gasteiger partial charge in [0.15, 0.2) is 5.78 Å². The van der Waals surface area contributed by atoms with Crippen LogP contribution >= 0.6 is 0 Å². The monoisotopic (exact) mass is 333 g/mol. The molecule has 2 aliphatic heterocycles. The molecule has 2 unspecified atom stereocenters. The van der Waals surface area contributed by atoms with E-state index in [9.17, 15) is 9.59 Å². The molecule has 0 radical (unpaired) electrons. The summed E-state index contributed by atoms with van der Waals surface area (Å²) in [5.41, 5.74) is -0.0131. The van der Waals surface area contributed by atoms with Crippen LogP contribution in [0.1, 0.15) is 25.5 Å². The summed E-state index contributed by atoms with van der Waals surface area (Å²) in [7, 11) is 1.45. The number of nitrogens with one attached hydrogen (secondary N) is 1. The van der Waals surface area contributed by atoms with E-state index in [0.29, 0.717) is 6.61 Å². The molecule has 0 saturated carbocycles. The summed E-state index contributed by atoms with van der Waals surface area (Å²) < 4.78 is 15.9. The molecular weight excluding hydrogens is 310 g/mol. The van der Waals surface area contributed by atoms with E-state index in [1.54, 1.807) is 13.8 Å². The first-order chi connectivity index (χ1) is 11.5. The largest absolute Gasteiger partial charge is 0.465 e. The highest BCUT2D eigenvalue weighted by molar-refractivity contribution is 5.90. The second-order valence-electron chi connectivity index (χ2n) is 6.39. The van der Waals surface area contributed by atoms with Crippen LogP contribution in [0.3, 0.4) is 0 Å². The SMILES string of the molecule is CCOC(=O)[C@@]1(C)N[C@@H](c2ccccc2)C2C(=O)[C@H](OC)OCC21. The van der Waals surface area contributed by atoms with Crippen molar-refractivity contribution in [1.29, 1.82) is 0 Å². The van der Waals surface area contributed by atoms with E-state index in [0.717, 1.165) is 5.56 Å². The van der Waals surface area contributed by atoms with Crippen molar-refractivity contribution in [3.8, 4) is 0 Å². The Hall–Kier alpha value is -1.76. The van der Waals surface area contributed by atoms with Gasteiger partial charge >= 0.3 is 5.97 Å². The number of methoxy groups -OCH3 is 1. The topological polar surface area (TPSA) is 73.9 Å². The average Bonchev–Trinajstić information content (AvgIpc) is 2.91. The molecule has 24 heavy (non-hydrogen) atoms. The van der Waals surface area contributed by atoms with E-state index in [4.69, 9.17) is 14.2 Å². The van der Waals surface area contributed by atoms with E-state index in [1.165, 1.54) is 7.11 Å². The van der Waals surface area contributed by atoms with Crippen LogP contribution in [0, 0.1) is 11.8 Å². The van der Waals surface area contributed by atoms with Crippen LogP contribution in [0.5, 0.6) is 0 Å². The third-order valence-electron chi connectivity index (χ3n) is 5.05. The highest BCUT2D eigenvalue weighted by Gasteiger charge is 2.61. The molecule has 6 heteroatoms. The van der Waals surface area contributed by atoms with E-state index in [1.807, 2.05) is 30.3 Å². The molecular formula is C18H23NO5. The molecule has 2 aliphatic rings. The molecule has 1 N–H and O–H groups in total. The minimum atomic E-state index is -0.977. The molecule has 2 heterocycles. The van der Waals surface area contributed by atoms with Crippen LogP contribution in [-0.2, 0) is 23.8 Å². The maximum atomic E-state index is 12.8. The molecule has 2 saturated heterocycles. The zero-order valence-corrected chi connectivity index (χ0v) is 14.2. The van der Waals surface area contributed by atoms with E-state index in [2.05, 4.69) is 5.32 Å². The highest BCUT2D eigenvalue weighted by Crippen LogP contribution is 2.46. The number of ether oxygens (including phenoxy) is 3. The van der Waals surface area contributed by atoms with Gasteiger partial charge in [0.25, 0.3) is 0 Å². The Morgan fingerprint density at radius 3 is 2.71 bits per heavy atom. The summed E-state index contributed by atoms with van der Waals surface area (Å²) in [5, 5.41) is 3.35. The summed E-state index contributed by atoms with van der Waals surface area (Å²) in [6, 6.07) is 9.39. The number of ketones is 1. The maximum Gasteiger partial charge on any atom is 0.326 e. The lowest BCUT2D eigenvalue weighted by Gasteiger charge is -2.36. The Morgan fingerprint density at radius 1 is 1.38 bits per heavy atom. The summed E-state index contributed by atoms with van der Waals surface area (Å²) in [6.07, 6.45) is -0.885. The normalized spacial score (nSPS) is 35.5. The van der Waals surface area contributed by atoms with Crippen LogP contribution in [0.25, 0.3) is 0 Å². The lowest BCUT2D eigenvalue weighted by atomic mass is 9.75. The predicted molar refractivity (Wildman–Crippen MR) is 86.1 cm³/mol. The number of rotatable bonds is 4. The lowest BCUT2D eigenvalue weighted by Crippen LogP contribution is -2.55. The molecule has 5 atom stereocenters. The lowest BCUT2D eigenvalue weighted by molar-refractivity contribution is -0.190. The Labute approximate surface area is 141 Å². The molecule has 6 nitrogen and oxygen atoms in total. The molecule has 3 rings (SSSR count). The quantitative estimate of drug-likeness (QED) is 0.841. The Kier molecular flexibility index (Phi) is 4.71. The van der Waals surface area contributed by atoms with Gasteiger partial charge in [-0.1, -0.05) is 30.3 Å². The summed E-state index contributed by atoms with van der Waals surface area (Å²) in [6.45, 7) is 4.11. The van der Waals surface area contributed by atoms with Crippen molar-refractivity contribution >= 4 is 11.8 Å². The van der Waals surface area contributed by atoms with Crippen LogP contribution in [0.2, 0.25) is 0 Å². The summed E-state index contributed by atoms with van der Waals surface area (Å²) in [5.74, 6) is -1.20. The number of esters is 1. The Balaban J connectivity index is 2.00. The van der Waals surface area contributed by atoms with Crippen molar-refractivity contribution in [3.63, 3.8) is 0 Å². The predicted octanol–water partition coefficient (Wildman–Crippen LogP) is 1.46. The van der Waals surface area contributed by atoms with E-state index in [-0.39, 0.29) is 30.3 Å². The number of fused-ring (bicyclic) bond motifs is 1. The van der Waals surface area contributed by atoms with Gasteiger partial charge in [-0.15, -0.1) is 0 Å². The van der Waals surface area contributed by atoms with Crippen LogP contribution in [-0.4, -0.2) is 43.9 Å². The average molecular weight is 333 g/mol. The van der Waals surface area contributed by atoms with E-state index >= 15 is 0 Å². The molecule has 0 bridgehead atoms. The van der Waals surface area contributed by atoms with Crippen molar-refractivity contribution in [2.75, 3.05) is 20.3 Å². The summed E-state index contributed by atoms with van der Waals surface area (Å²) in [4.78, 5) is 25.4. The zero-order chi connectivity index (χ0) is 17.3. The number of hydrogen-bond acceptors (Lipinski definition) is 6. The first-order valence-corrected chi connectivity index (χ1v) is 8.21. The molecule has 2 fully saturated rings. The second kappa shape index (κ2) is 6.63. The number of benzene rings is 1. The fourth-order valence-corrected chi connectivity index (χ4v) is 3.80. The number of Topliss-reactive ketones (excluding diaryl/α,β-unsaturated/α-hetero) is 1. The maximum absolute atomic E-state index is 12.8. The van der Waals surface area contributed by atoms with Gasteiger partial charge in [-0.05, 0) is 19.4 Å². The molecule has 1 aromatic rings. The van der Waals surface area contributed by atoms with Gasteiger partial charge in [0.1, 0.15) is 5.54 Å². The Bertz CT molecular complexity index is 619. The van der Waals surface area contributed by atoms with Gasteiger partial charge in [-0.3, -0.25) is 14.9 Å². The van der Waals surface area contributed by atoms with Gasteiger partial charge in [-0.25, -0.2) is 0 Å². The minimum Gasteiger partial charge on any atom is -0.465 e. The first-order valence-electron chi connectivity index (χ1n) is 8.21. The number of carbonyl (C=O) groups is 2. The fraction of sp³-hybridized carbons (Fsp3) is 0.556. The van der Waals surface area contributed by atoms with E-state index < -0.39 is 17.7 Å². The molecule has 1 aromatic carbocycles. The molecule has 0 aromatic heterocycles. The highest BCUT2D eigenvalue weighted by atomic mass is 16.7.